The largest absolute Gasteiger partial charge is 0.351 e. The number of carbonyl (C=O) groups excluding carboxylic acids is 1. The maximum Gasteiger partial charge on any atom is 0.261 e. The zero-order chi connectivity index (χ0) is 19.6. The van der Waals surface area contributed by atoms with Gasteiger partial charge in [0.25, 0.3) is 5.91 Å². The average Bonchev–Trinajstić information content (AvgIpc) is 3.47. The first-order valence-corrected chi connectivity index (χ1v) is 11.1. The number of para-hydroxylation sites is 3. The highest BCUT2D eigenvalue weighted by atomic mass is 32.1. The second-order valence-corrected chi connectivity index (χ2v) is 8.83. The van der Waals surface area contributed by atoms with Crippen molar-refractivity contribution in [3.63, 3.8) is 0 Å². The summed E-state index contributed by atoms with van der Waals surface area (Å²) in [6.45, 7) is 0.615. The van der Waals surface area contributed by atoms with E-state index in [2.05, 4.69) is 26.3 Å². The summed E-state index contributed by atoms with van der Waals surface area (Å²) >= 11 is 3.14. The fourth-order valence-electron chi connectivity index (χ4n) is 3.22. The van der Waals surface area contributed by atoms with Gasteiger partial charge >= 0.3 is 0 Å². The fraction of sp³-hybridized carbons (Fsp3) is 0.136. The van der Waals surface area contributed by atoms with Gasteiger partial charge in [0.05, 0.1) is 31.0 Å². The fourth-order valence-corrected chi connectivity index (χ4v) is 5.16. The number of fused-ring (bicyclic) bond motifs is 2. The minimum atomic E-state index is -0.0352. The van der Waals surface area contributed by atoms with Crippen molar-refractivity contribution in [3.05, 3.63) is 71.4 Å². The third kappa shape index (κ3) is 3.79. The first-order valence-electron chi connectivity index (χ1n) is 9.44. The van der Waals surface area contributed by atoms with Crippen LogP contribution in [0.15, 0.2) is 60.7 Å². The number of aromatic nitrogens is 3. The number of nitrogens with zero attached hydrogens (tertiary/aromatic N) is 2. The van der Waals surface area contributed by atoms with Gasteiger partial charge in [0.2, 0.25) is 0 Å². The molecule has 2 aromatic carbocycles. The lowest BCUT2D eigenvalue weighted by Gasteiger charge is -2.02. The summed E-state index contributed by atoms with van der Waals surface area (Å²) < 4.78 is 1.16. The van der Waals surface area contributed by atoms with Gasteiger partial charge < -0.3 is 10.3 Å². The highest BCUT2D eigenvalue weighted by molar-refractivity contribution is 7.26. The van der Waals surface area contributed by atoms with Crippen molar-refractivity contribution in [3.8, 4) is 9.88 Å². The SMILES string of the molecule is O=C(NCCCc1nc2ccccc2[nH]1)c1ccc(-c2nc3ccccc3s2)s1. The Balaban J connectivity index is 1.18. The Labute approximate surface area is 175 Å². The second-order valence-electron chi connectivity index (χ2n) is 6.71. The number of aryl methyl sites for hydroxylation is 1. The molecule has 144 valence electrons. The molecule has 7 heteroatoms. The first kappa shape index (κ1) is 18.0. The maximum absolute atomic E-state index is 12.5. The van der Waals surface area contributed by atoms with E-state index in [1.165, 1.54) is 11.3 Å². The zero-order valence-corrected chi connectivity index (χ0v) is 17.1. The molecule has 1 amide bonds. The molecule has 5 rings (SSSR count). The molecule has 0 bridgehead atoms. The Kier molecular flexibility index (Phi) is 4.83. The molecule has 3 aromatic heterocycles. The van der Waals surface area contributed by atoms with Crippen molar-refractivity contribution in [1.29, 1.82) is 0 Å². The number of rotatable bonds is 6. The van der Waals surface area contributed by atoms with E-state index in [4.69, 9.17) is 0 Å². The standard InChI is InChI=1S/C22H18N4OS2/c27-21(23-13-5-10-20-24-14-6-1-2-7-15(14)25-20)18-11-12-19(28-18)22-26-16-8-3-4-9-17(16)29-22/h1-4,6-9,11-12H,5,10,13H2,(H,23,27)(H,24,25). The Morgan fingerprint density at radius 1 is 0.931 bits per heavy atom. The molecule has 0 fully saturated rings. The van der Waals surface area contributed by atoms with Crippen LogP contribution in [0.1, 0.15) is 21.9 Å². The van der Waals surface area contributed by atoms with E-state index >= 15 is 0 Å². The lowest BCUT2D eigenvalue weighted by atomic mass is 10.3. The summed E-state index contributed by atoms with van der Waals surface area (Å²) in [5, 5.41) is 3.97. The first-order chi connectivity index (χ1) is 14.3. The molecule has 2 N–H and O–H groups in total. The van der Waals surface area contributed by atoms with Crippen LogP contribution in [0.25, 0.3) is 31.1 Å². The molecule has 0 unspecified atom stereocenters. The normalized spacial score (nSPS) is 11.3. The van der Waals surface area contributed by atoms with Crippen molar-refractivity contribution in [2.24, 2.45) is 0 Å². The number of thiazole rings is 1. The number of benzene rings is 2. The number of imidazole rings is 1. The molecule has 0 spiro atoms. The summed E-state index contributed by atoms with van der Waals surface area (Å²) in [7, 11) is 0. The Bertz CT molecular complexity index is 1230. The monoisotopic (exact) mass is 418 g/mol. The molecular weight excluding hydrogens is 400 g/mol. The zero-order valence-electron chi connectivity index (χ0n) is 15.5. The maximum atomic E-state index is 12.5. The minimum absolute atomic E-state index is 0.0352. The van der Waals surface area contributed by atoms with Gasteiger partial charge in [-0.15, -0.1) is 22.7 Å². The van der Waals surface area contributed by atoms with E-state index in [1.54, 1.807) is 11.3 Å². The molecule has 0 saturated heterocycles. The highest BCUT2D eigenvalue weighted by Crippen LogP contribution is 2.34. The average molecular weight is 419 g/mol. The lowest BCUT2D eigenvalue weighted by molar-refractivity contribution is 0.0957. The number of amides is 1. The summed E-state index contributed by atoms with van der Waals surface area (Å²) in [4.78, 5) is 26.8. The molecule has 0 aliphatic heterocycles. The predicted molar refractivity (Wildman–Crippen MR) is 120 cm³/mol. The number of H-pyrrole nitrogens is 1. The molecular formula is C22H18N4OS2. The smallest absolute Gasteiger partial charge is 0.261 e. The number of thiophene rings is 1. The summed E-state index contributed by atoms with van der Waals surface area (Å²) in [5.74, 6) is 0.918. The van der Waals surface area contributed by atoms with E-state index < -0.39 is 0 Å². The van der Waals surface area contributed by atoms with Crippen LogP contribution < -0.4 is 5.32 Å². The van der Waals surface area contributed by atoms with Crippen molar-refractivity contribution in [2.45, 2.75) is 12.8 Å². The summed E-state index contributed by atoms with van der Waals surface area (Å²) in [6, 6.07) is 19.9. The molecule has 5 nitrogen and oxygen atoms in total. The topological polar surface area (TPSA) is 70.7 Å². The van der Waals surface area contributed by atoms with E-state index in [1.807, 2.05) is 54.6 Å². The van der Waals surface area contributed by atoms with Gasteiger partial charge in [-0.2, -0.15) is 0 Å². The lowest BCUT2D eigenvalue weighted by Crippen LogP contribution is -2.23. The third-order valence-corrected chi connectivity index (χ3v) is 6.94. The van der Waals surface area contributed by atoms with Gasteiger partial charge in [-0.05, 0) is 42.8 Å². The van der Waals surface area contributed by atoms with Crippen LogP contribution in [-0.2, 0) is 6.42 Å². The van der Waals surface area contributed by atoms with Crippen LogP contribution in [-0.4, -0.2) is 27.4 Å². The van der Waals surface area contributed by atoms with Crippen molar-refractivity contribution >= 4 is 49.8 Å². The van der Waals surface area contributed by atoms with Gasteiger partial charge in [-0.3, -0.25) is 4.79 Å². The Morgan fingerprint density at radius 3 is 2.62 bits per heavy atom. The predicted octanol–water partition coefficient (Wildman–Crippen LogP) is 5.26. The number of hydrogen-bond acceptors (Lipinski definition) is 5. The van der Waals surface area contributed by atoms with Crippen molar-refractivity contribution < 1.29 is 4.79 Å². The van der Waals surface area contributed by atoms with Crippen LogP contribution >= 0.6 is 22.7 Å². The van der Waals surface area contributed by atoms with Gasteiger partial charge in [-0.1, -0.05) is 24.3 Å². The van der Waals surface area contributed by atoms with E-state index in [-0.39, 0.29) is 5.91 Å². The van der Waals surface area contributed by atoms with Crippen LogP contribution in [0.2, 0.25) is 0 Å². The molecule has 5 aromatic rings. The van der Waals surface area contributed by atoms with Crippen LogP contribution in [0.3, 0.4) is 0 Å². The number of nitrogens with one attached hydrogen (secondary N) is 2. The van der Waals surface area contributed by atoms with Crippen molar-refractivity contribution in [2.75, 3.05) is 6.54 Å². The molecule has 29 heavy (non-hydrogen) atoms. The Hall–Kier alpha value is -3.03. The molecule has 0 radical (unpaired) electrons. The Morgan fingerprint density at radius 2 is 1.76 bits per heavy atom. The van der Waals surface area contributed by atoms with E-state index in [9.17, 15) is 4.79 Å². The van der Waals surface area contributed by atoms with E-state index in [0.29, 0.717) is 11.4 Å². The quantitative estimate of drug-likeness (QED) is 0.369. The van der Waals surface area contributed by atoms with Crippen LogP contribution in [0.5, 0.6) is 0 Å². The molecule has 3 heterocycles. The number of hydrogen-bond donors (Lipinski definition) is 2. The van der Waals surface area contributed by atoms with Gasteiger partial charge in [0.1, 0.15) is 10.8 Å². The molecule has 0 aliphatic rings. The second kappa shape index (κ2) is 7.77. The molecule has 0 atom stereocenters. The summed E-state index contributed by atoms with van der Waals surface area (Å²) in [6.07, 6.45) is 1.64. The number of carbonyl (C=O) groups is 1. The summed E-state index contributed by atoms with van der Waals surface area (Å²) in [5.41, 5.74) is 3.03. The van der Waals surface area contributed by atoms with Gasteiger partial charge in [0.15, 0.2) is 0 Å². The van der Waals surface area contributed by atoms with Gasteiger partial charge in [0, 0.05) is 13.0 Å². The molecule has 0 aliphatic carbocycles. The highest BCUT2D eigenvalue weighted by Gasteiger charge is 2.13. The van der Waals surface area contributed by atoms with E-state index in [0.717, 1.165) is 49.8 Å². The minimum Gasteiger partial charge on any atom is -0.351 e. The van der Waals surface area contributed by atoms with Crippen molar-refractivity contribution in [1.82, 2.24) is 20.3 Å². The van der Waals surface area contributed by atoms with Gasteiger partial charge in [-0.25, -0.2) is 9.97 Å². The van der Waals surface area contributed by atoms with Crippen LogP contribution in [0, 0.1) is 0 Å². The number of aromatic amines is 1. The molecule has 0 saturated carbocycles. The van der Waals surface area contributed by atoms with Crippen LogP contribution in [0.4, 0.5) is 0 Å². The third-order valence-electron chi connectivity index (χ3n) is 4.65.